The molecule has 0 heterocycles. The molecule has 13 heavy (non-hydrogen) atoms. The Hall–Kier alpha value is -0.810. The number of allylic oxidation sites excluding steroid dienone is 1. The molecule has 0 bridgehead atoms. The fraction of sp³-hybridized carbons (Fsp3) is 0.727. The maximum Gasteiger partial charge on any atom is 0.0750 e. The first-order chi connectivity index (χ1) is 6.29. The van der Waals surface area contributed by atoms with E-state index in [0.717, 1.165) is 32.1 Å². The van der Waals surface area contributed by atoms with Gasteiger partial charge < -0.3 is 5.11 Å². The van der Waals surface area contributed by atoms with Crippen LogP contribution in [0, 0.1) is 23.2 Å². The van der Waals surface area contributed by atoms with Gasteiger partial charge in [0.2, 0.25) is 0 Å². The van der Waals surface area contributed by atoms with Crippen LogP contribution in [-0.2, 0) is 0 Å². The molecular formula is C11H17NO. The highest BCUT2D eigenvalue weighted by molar-refractivity contribution is 4.96. The Balaban J connectivity index is 2.50. The van der Waals surface area contributed by atoms with Gasteiger partial charge in [0, 0.05) is 0 Å². The molecule has 1 rings (SSSR count). The van der Waals surface area contributed by atoms with Crippen LogP contribution in [0.2, 0.25) is 0 Å². The van der Waals surface area contributed by atoms with Crippen LogP contribution in [0.4, 0.5) is 0 Å². The number of nitrogens with zero attached hydrogens (tertiary/aromatic N) is 1. The van der Waals surface area contributed by atoms with Crippen molar-refractivity contribution in [3.63, 3.8) is 0 Å². The minimum Gasteiger partial charge on any atom is -0.392 e. The molecule has 3 atom stereocenters. The summed E-state index contributed by atoms with van der Waals surface area (Å²) in [6, 6.07) is 2.23. The first kappa shape index (κ1) is 10.3. The largest absolute Gasteiger partial charge is 0.392 e. The third kappa shape index (κ3) is 2.57. The Morgan fingerprint density at radius 1 is 1.54 bits per heavy atom. The topological polar surface area (TPSA) is 44.0 Å². The molecule has 1 aliphatic carbocycles. The SMILES string of the molecule is C=CCC[C@H]1CCC[C@@H](O)[C@H]1C#N. The maximum atomic E-state index is 9.59. The monoisotopic (exact) mass is 179 g/mol. The standard InChI is InChI=1S/C11H17NO/c1-2-3-5-9-6-4-7-11(13)10(9)8-12/h2,9-11,13H,1,3-7H2/t9-,10-,11+/m0/s1. The van der Waals surface area contributed by atoms with Crippen molar-refractivity contribution in [2.75, 3.05) is 0 Å². The summed E-state index contributed by atoms with van der Waals surface area (Å²) in [6.07, 6.45) is 6.38. The predicted octanol–water partition coefficient (Wildman–Crippen LogP) is 2.25. The average Bonchev–Trinajstić information content (AvgIpc) is 2.15. The van der Waals surface area contributed by atoms with Crippen LogP contribution in [0.5, 0.6) is 0 Å². The molecular weight excluding hydrogens is 162 g/mol. The molecule has 0 spiro atoms. The summed E-state index contributed by atoms with van der Waals surface area (Å²) in [4.78, 5) is 0. The molecule has 0 unspecified atom stereocenters. The summed E-state index contributed by atoms with van der Waals surface area (Å²) >= 11 is 0. The van der Waals surface area contributed by atoms with Crippen LogP contribution in [0.15, 0.2) is 12.7 Å². The second kappa shape index (κ2) is 5.04. The lowest BCUT2D eigenvalue weighted by atomic mass is 9.76. The Kier molecular flexibility index (Phi) is 3.98. The van der Waals surface area contributed by atoms with Gasteiger partial charge in [0.25, 0.3) is 0 Å². The van der Waals surface area contributed by atoms with E-state index < -0.39 is 6.10 Å². The van der Waals surface area contributed by atoms with Gasteiger partial charge in [-0.15, -0.1) is 6.58 Å². The molecule has 0 amide bonds. The first-order valence-corrected chi connectivity index (χ1v) is 4.98. The van der Waals surface area contributed by atoms with Gasteiger partial charge in [-0.3, -0.25) is 0 Å². The number of nitriles is 1. The molecule has 0 aromatic rings. The fourth-order valence-corrected chi connectivity index (χ4v) is 2.11. The molecule has 72 valence electrons. The van der Waals surface area contributed by atoms with Crippen molar-refractivity contribution in [3.05, 3.63) is 12.7 Å². The predicted molar refractivity (Wildman–Crippen MR) is 51.9 cm³/mol. The molecule has 1 aliphatic rings. The second-order valence-corrected chi connectivity index (χ2v) is 3.78. The summed E-state index contributed by atoms with van der Waals surface area (Å²) in [6.45, 7) is 3.67. The summed E-state index contributed by atoms with van der Waals surface area (Å²) in [5, 5.41) is 18.5. The molecule has 1 saturated carbocycles. The fourth-order valence-electron chi connectivity index (χ4n) is 2.11. The molecule has 0 saturated heterocycles. The zero-order chi connectivity index (χ0) is 9.68. The maximum absolute atomic E-state index is 9.59. The van der Waals surface area contributed by atoms with Gasteiger partial charge in [-0.05, 0) is 31.6 Å². The van der Waals surface area contributed by atoms with Gasteiger partial charge in [-0.1, -0.05) is 12.5 Å². The van der Waals surface area contributed by atoms with Gasteiger partial charge in [-0.25, -0.2) is 0 Å². The molecule has 2 nitrogen and oxygen atoms in total. The van der Waals surface area contributed by atoms with Crippen molar-refractivity contribution in [1.29, 1.82) is 5.26 Å². The van der Waals surface area contributed by atoms with E-state index in [0.29, 0.717) is 5.92 Å². The molecule has 0 aliphatic heterocycles. The molecule has 2 heteroatoms. The van der Waals surface area contributed by atoms with E-state index >= 15 is 0 Å². The zero-order valence-corrected chi connectivity index (χ0v) is 7.95. The van der Waals surface area contributed by atoms with E-state index in [-0.39, 0.29) is 5.92 Å². The van der Waals surface area contributed by atoms with Gasteiger partial charge in [0.05, 0.1) is 18.1 Å². The zero-order valence-electron chi connectivity index (χ0n) is 7.95. The number of hydrogen-bond acceptors (Lipinski definition) is 2. The highest BCUT2D eigenvalue weighted by Gasteiger charge is 2.31. The van der Waals surface area contributed by atoms with Gasteiger partial charge in [-0.2, -0.15) is 5.26 Å². The van der Waals surface area contributed by atoms with Crippen LogP contribution in [0.25, 0.3) is 0 Å². The normalized spacial score (nSPS) is 33.7. The summed E-state index contributed by atoms with van der Waals surface area (Å²) < 4.78 is 0. The Morgan fingerprint density at radius 2 is 2.31 bits per heavy atom. The minimum absolute atomic E-state index is 0.145. The molecule has 0 aromatic heterocycles. The van der Waals surface area contributed by atoms with Crippen molar-refractivity contribution < 1.29 is 5.11 Å². The van der Waals surface area contributed by atoms with Crippen molar-refractivity contribution in [2.24, 2.45) is 11.8 Å². The van der Waals surface area contributed by atoms with Crippen LogP contribution in [0.1, 0.15) is 32.1 Å². The van der Waals surface area contributed by atoms with Crippen molar-refractivity contribution in [2.45, 2.75) is 38.2 Å². The number of aliphatic hydroxyl groups excluding tert-OH is 1. The molecule has 1 fully saturated rings. The number of aliphatic hydroxyl groups is 1. The van der Waals surface area contributed by atoms with E-state index in [1.165, 1.54) is 0 Å². The van der Waals surface area contributed by atoms with Crippen LogP contribution in [0.3, 0.4) is 0 Å². The van der Waals surface area contributed by atoms with E-state index in [2.05, 4.69) is 12.6 Å². The third-order valence-electron chi connectivity index (χ3n) is 2.89. The van der Waals surface area contributed by atoms with E-state index in [1.54, 1.807) is 0 Å². The van der Waals surface area contributed by atoms with Crippen LogP contribution >= 0.6 is 0 Å². The van der Waals surface area contributed by atoms with Gasteiger partial charge in [0.15, 0.2) is 0 Å². The number of hydrogen-bond donors (Lipinski definition) is 1. The summed E-state index contributed by atoms with van der Waals surface area (Å²) in [7, 11) is 0. The van der Waals surface area contributed by atoms with Crippen molar-refractivity contribution in [3.8, 4) is 6.07 Å². The number of rotatable bonds is 3. The Labute approximate surface area is 79.9 Å². The van der Waals surface area contributed by atoms with Crippen LogP contribution < -0.4 is 0 Å². The lowest BCUT2D eigenvalue weighted by Gasteiger charge is -2.30. The van der Waals surface area contributed by atoms with E-state index in [1.807, 2.05) is 6.08 Å². The van der Waals surface area contributed by atoms with Gasteiger partial charge >= 0.3 is 0 Å². The minimum atomic E-state index is -0.395. The average molecular weight is 179 g/mol. The quantitative estimate of drug-likeness (QED) is 0.675. The van der Waals surface area contributed by atoms with Crippen molar-refractivity contribution >= 4 is 0 Å². The highest BCUT2D eigenvalue weighted by Crippen LogP contribution is 2.32. The first-order valence-electron chi connectivity index (χ1n) is 4.98. The van der Waals surface area contributed by atoms with Gasteiger partial charge in [0.1, 0.15) is 0 Å². The Bertz CT molecular complexity index is 207. The lowest BCUT2D eigenvalue weighted by Crippen LogP contribution is -2.31. The Morgan fingerprint density at radius 3 is 2.92 bits per heavy atom. The smallest absolute Gasteiger partial charge is 0.0750 e. The summed E-state index contributed by atoms with van der Waals surface area (Å²) in [5.74, 6) is 0.237. The molecule has 0 radical (unpaired) electrons. The summed E-state index contributed by atoms with van der Waals surface area (Å²) in [5.41, 5.74) is 0. The van der Waals surface area contributed by atoms with Crippen LogP contribution in [-0.4, -0.2) is 11.2 Å². The van der Waals surface area contributed by atoms with E-state index in [4.69, 9.17) is 5.26 Å². The van der Waals surface area contributed by atoms with Crippen molar-refractivity contribution in [1.82, 2.24) is 0 Å². The molecule has 1 N–H and O–H groups in total. The molecule has 0 aromatic carbocycles. The third-order valence-corrected chi connectivity index (χ3v) is 2.89. The lowest BCUT2D eigenvalue weighted by molar-refractivity contribution is 0.0588. The van der Waals surface area contributed by atoms with E-state index in [9.17, 15) is 5.11 Å². The second-order valence-electron chi connectivity index (χ2n) is 3.78. The highest BCUT2D eigenvalue weighted by atomic mass is 16.3.